The molecule has 0 saturated carbocycles. The van der Waals surface area contributed by atoms with E-state index in [1.807, 2.05) is 41.3 Å². The van der Waals surface area contributed by atoms with E-state index in [1.54, 1.807) is 12.3 Å². The molecule has 26 heavy (non-hydrogen) atoms. The zero-order valence-electron chi connectivity index (χ0n) is 14.3. The molecule has 0 unspecified atom stereocenters. The van der Waals surface area contributed by atoms with Crippen molar-refractivity contribution in [2.75, 3.05) is 5.32 Å². The summed E-state index contributed by atoms with van der Waals surface area (Å²) in [6, 6.07) is 13.2. The minimum atomic E-state index is -0.474. The van der Waals surface area contributed by atoms with Gasteiger partial charge in [-0.05, 0) is 37.1 Å². The maximum atomic E-state index is 13.0. The Morgan fingerprint density at radius 2 is 1.77 bits per heavy atom. The number of carbonyl (C=O) groups excluding carboxylic acids is 2. The number of piperidine rings is 1. The summed E-state index contributed by atoms with van der Waals surface area (Å²) in [6.07, 6.45) is 5.00. The van der Waals surface area contributed by atoms with E-state index in [0.29, 0.717) is 24.1 Å². The highest BCUT2D eigenvalue weighted by atomic mass is 16.2. The summed E-state index contributed by atoms with van der Waals surface area (Å²) in [6.45, 7) is 0. The van der Waals surface area contributed by atoms with E-state index in [9.17, 15) is 9.59 Å². The lowest BCUT2D eigenvalue weighted by Crippen LogP contribution is -2.65. The summed E-state index contributed by atoms with van der Waals surface area (Å²) in [5.74, 6) is -0.0428. The maximum Gasteiger partial charge on any atom is 0.272 e. The topological polar surface area (TPSA) is 74.3 Å². The standard InChI is InChI=1S/C20H20N4O2/c25-18-15-5-1-2-6-16(15)22-20(23-18)11-13-8-9-14(12-20)24(13)19(26)17-7-3-4-10-21-17/h1-7,10,13-14,22H,8-9,11-12H2,(H,23,25)/t13-,14-/m1/s1. The smallest absolute Gasteiger partial charge is 0.272 e. The van der Waals surface area contributed by atoms with Crippen LogP contribution in [0.25, 0.3) is 0 Å². The molecular weight excluding hydrogens is 328 g/mol. The van der Waals surface area contributed by atoms with Crippen molar-refractivity contribution >= 4 is 17.5 Å². The Hall–Kier alpha value is -2.89. The van der Waals surface area contributed by atoms with Gasteiger partial charge in [0.1, 0.15) is 11.4 Å². The van der Waals surface area contributed by atoms with Gasteiger partial charge in [0.05, 0.1) is 5.56 Å². The normalized spacial score (nSPS) is 29.1. The Bertz CT molecular complexity index is 868. The van der Waals surface area contributed by atoms with Crippen molar-refractivity contribution in [1.29, 1.82) is 0 Å². The van der Waals surface area contributed by atoms with Crippen LogP contribution >= 0.6 is 0 Å². The first-order chi connectivity index (χ1) is 12.7. The molecule has 2 aromatic rings. The minimum absolute atomic E-state index is 0.00418. The molecule has 2 fully saturated rings. The molecule has 0 radical (unpaired) electrons. The van der Waals surface area contributed by atoms with Crippen molar-refractivity contribution in [1.82, 2.24) is 15.2 Å². The van der Waals surface area contributed by atoms with Gasteiger partial charge >= 0.3 is 0 Å². The number of hydrogen-bond acceptors (Lipinski definition) is 4. The quantitative estimate of drug-likeness (QED) is 0.830. The number of fused-ring (bicyclic) bond motifs is 3. The van der Waals surface area contributed by atoms with Gasteiger partial charge < -0.3 is 15.5 Å². The van der Waals surface area contributed by atoms with Crippen LogP contribution in [0.2, 0.25) is 0 Å². The molecule has 1 spiro atoms. The summed E-state index contributed by atoms with van der Waals surface area (Å²) in [7, 11) is 0. The van der Waals surface area contributed by atoms with Crippen LogP contribution in [-0.2, 0) is 0 Å². The lowest BCUT2D eigenvalue weighted by atomic mass is 9.87. The summed E-state index contributed by atoms with van der Waals surface area (Å²) in [4.78, 5) is 31.7. The third-order valence-corrected chi connectivity index (χ3v) is 5.81. The van der Waals surface area contributed by atoms with Gasteiger partial charge in [0, 0.05) is 36.8 Å². The fraction of sp³-hybridized carbons (Fsp3) is 0.350. The number of pyridine rings is 1. The number of aromatic nitrogens is 1. The lowest BCUT2D eigenvalue weighted by molar-refractivity contribution is 0.0445. The van der Waals surface area contributed by atoms with E-state index in [4.69, 9.17) is 0 Å². The SMILES string of the molecule is O=C1NC2(C[C@H]3CC[C@H](C2)N3C(=O)c2ccccn2)Nc2ccccc21. The van der Waals surface area contributed by atoms with Gasteiger partial charge in [0.2, 0.25) is 0 Å². The van der Waals surface area contributed by atoms with Crippen LogP contribution in [0, 0.1) is 0 Å². The van der Waals surface area contributed by atoms with E-state index in [2.05, 4.69) is 15.6 Å². The van der Waals surface area contributed by atoms with E-state index in [1.165, 1.54) is 0 Å². The van der Waals surface area contributed by atoms with Gasteiger partial charge in [-0.25, -0.2) is 0 Å². The second-order valence-corrected chi connectivity index (χ2v) is 7.43. The Labute approximate surface area is 151 Å². The van der Waals surface area contributed by atoms with Gasteiger partial charge in [0.15, 0.2) is 0 Å². The Balaban J connectivity index is 1.43. The predicted octanol–water partition coefficient (Wildman–Crippen LogP) is 2.40. The molecule has 132 valence electrons. The molecule has 2 saturated heterocycles. The van der Waals surface area contributed by atoms with Crippen LogP contribution in [0.5, 0.6) is 0 Å². The Morgan fingerprint density at radius 3 is 2.50 bits per heavy atom. The summed E-state index contributed by atoms with van der Waals surface area (Å²) < 4.78 is 0. The molecule has 6 nitrogen and oxygen atoms in total. The maximum absolute atomic E-state index is 13.0. The molecule has 1 aromatic carbocycles. The molecule has 0 aliphatic carbocycles. The van der Waals surface area contributed by atoms with Gasteiger partial charge in [-0.1, -0.05) is 18.2 Å². The molecule has 3 aliphatic rings. The number of amides is 2. The lowest BCUT2D eigenvalue weighted by Gasteiger charge is -2.49. The highest BCUT2D eigenvalue weighted by molar-refractivity contribution is 6.02. The third-order valence-electron chi connectivity index (χ3n) is 5.81. The summed E-state index contributed by atoms with van der Waals surface area (Å²) in [5.41, 5.74) is 1.57. The Morgan fingerprint density at radius 1 is 1.04 bits per heavy atom. The molecule has 1 aromatic heterocycles. The van der Waals surface area contributed by atoms with Crippen molar-refractivity contribution < 1.29 is 9.59 Å². The van der Waals surface area contributed by atoms with Crippen LogP contribution in [0.1, 0.15) is 46.5 Å². The first-order valence-electron chi connectivity index (χ1n) is 9.09. The molecular formula is C20H20N4O2. The van der Waals surface area contributed by atoms with Crippen LogP contribution in [0.15, 0.2) is 48.7 Å². The molecule has 6 heteroatoms. The predicted molar refractivity (Wildman–Crippen MR) is 96.7 cm³/mol. The van der Waals surface area contributed by atoms with Crippen molar-refractivity contribution in [2.45, 2.75) is 43.4 Å². The average Bonchev–Trinajstić information content (AvgIpc) is 2.94. The van der Waals surface area contributed by atoms with Crippen LogP contribution in [-0.4, -0.2) is 39.4 Å². The monoisotopic (exact) mass is 348 g/mol. The van der Waals surface area contributed by atoms with Crippen molar-refractivity contribution in [2.24, 2.45) is 0 Å². The number of nitrogens with zero attached hydrogens (tertiary/aromatic N) is 2. The van der Waals surface area contributed by atoms with Crippen LogP contribution in [0.3, 0.4) is 0 Å². The van der Waals surface area contributed by atoms with E-state index in [-0.39, 0.29) is 23.9 Å². The number of carbonyl (C=O) groups is 2. The number of rotatable bonds is 1. The summed E-state index contributed by atoms with van der Waals surface area (Å²) in [5, 5.41) is 6.74. The second-order valence-electron chi connectivity index (χ2n) is 7.43. The fourth-order valence-corrected chi connectivity index (χ4v) is 4.77. The van der Waals surface area contributed by atoms with Crippen LogP contribution in [0.4, 0.5) is 5.69 Å². The number of benzene rings is 1. The fourth-order valence-electron chi connectivity index (χ4n) is 4.77. The third kappa shape index (κ3) is 2.29. The molecule has 2 amide bonds. The van der Waals surface area contributed by atoms with Crippen molar-refractivity contribution in [3.8, 4) is 0 Å². The molecule has 2 atom stereocenters. The largest absolute Gasteiger partial charge is 0.362 e. The highest BCUT2D eigenvalue weighted by Gasteiger charge is 2.52. The van der Waals surface area contributed by atoms with Crippen molar-refractivity contribution in [3.05, 3.63) is 59.9 Å². The number of hydrogen-bond donors (Lipinski definition) is 2. The first kappa shape index (κ1) is 15.4. The molecule has 3 aliphatic heterocycles. The average molecular weight is 348 g/mol. The van der Waals surface area contributed by atoms with Crippen LogP contribution < -0.4 is 10.6 Å². The Kier molecular flexibility index (Phi) is 3.29. The number of anilines is 1. The molecule has 2 N–H and O–H groups in total. The molecule has 2 bridgehead atoms. The summed E-state index contributed by atoms with van der Waals surface area (Å²) >= 11 is 0. The first-order valence-corrected chi connectivity index (χ1v) is 9.09. The zero-order chi connectivity index (χ0) is 17.7. The van der Waals surface area contributed by atoms with Gasteiger partial charge in [-0.15, -0.1) is 0 Å². The minimum Gasteiger partial charge on any atom is -0.362 e. The highest BCUT2D eigenvalue weighted by Crippen LogP contribution is 2.43. The molecule has 4 heterocycles. The zero-order valence-corrected chi connectivity index (χ0v) is 14.3. The van der Waals surface area contributed by atoms with Gasteiger partial charge in [-0.2, -0.15) is 0 Å². The second kappa shape index (κ2) is 5.56. The molecule has 5 rings (SSSR count). The van der Waals surface area contributed by atoms with Gasteiger partial charge in [0.25, 0.3) is 11.8 Å². The van der Waals surface area contributed by atoms with Gasteiger partial charge in [-0.3, -0.25) is 14.6 Å². The number of nitrogens with one attached hydrogen (secondary N) is 2. The van der Waals surface area contributed by atoms with Crippen molar-refractivity contribution in [3.63, 3.8) is 0 Å². The number of para-hydroxylation sites is 1. The van der Waals surface area contributed by atoms with E-state index < -0.39 is 5.66 Å². The van der Waals surface area contributed by atoms with E-state index in [0.717, 1.165) is 18.5 Å². The van der Waals surface area contributed by atoms with E-state index >= 15 is 0 Å².